The Kier molecular flexibility index (Phi) is 5.30. The number of hydrogen-bond acceptors (Lipinski definition) is 4. The lowest BCUT2D eigenvalue weighted by atomic mass is 10.2. The SMILES string of the molecule is CS(=O)(=O)CCSc1cccc(Br)c1CN. The second kappa shape index (κ2) is 6.05. The van der Waals surface area contributed by atoms with Gasteiger partial charge in [0.05, 0.1) is 5.75 Å². The number of hydrogen-bond donors (Lipinski definition) is 1. The molecule has 0 saturated carbocycles. The van der Waals surface area contributed by atoms with Gasteiger partial charge < -0.3 is 5.73 Å². The molecule has 2 N–H and O–H groups in total. The molecule has 0 heterocycles. The lowest BCUT2D eigenvalue weighted by Crippen LogP contribution is -2.06. The smallest absolute Gasteiger partial charge is 0.148 e. The van der Waals surface area contributed by atoms with Gasteiger partial charge in [-0.3, -0.25) is 0 Å². The molecule has 0 unspecified atom stereocenters. The molecular weight excluding hydrogens is 310 g/mol. The van der Waals surface area contributed by atoms with Gasteiger partial charge in [0.25, 0.3) is 0 Å². The van der Waals surface area contributed by atoms with Crippen molar-refractivity contribution < 1.29 is 8.42 Å². The molecule has 0 bridgehead atoms. The third kappa shape index (κ3) is 4.45. The molecule has 0 aromatic heterocycles. The van der Waals surface area contributed by atoms with Gasteiger partial charge in [0.2, 0.25) is 0 Å². The first-order valence-corrected chi connectivity index (χ1v) is 8.56. The van der Waals surface area contributed by atoms with E-state index in [0.29, 0.717) is 12.3 Å². The third-order valence-corrected chi connectivity index (χ3v) is 5.04. The molecule has 3 nitrogen and oxygen atoms in total. The Morgan fingerprint density at radius 3 is 2.69 bits per heavy atom. The fraction of sp³-hybridized carbons (Fsp3) is 0.400. The van der Waals surface area contributed by atoms with E-state index in [1.807, 2.05) is 18.2 Å². The summed E-state index contributed by atoms with van der Waals surface area (Å²) in [4.78, 5) is 1.04. The molecule has 0 aliphatic carbocycles. The minimum Gasteiger partial charge on any atom is -0.326 e. The van der Waals surface area contributed by atoms with Crippen LogP contribution in [0.2, 0.25) is 0 Å². The predicted octanol–water partition coefficient (Wildman–Crippen LogP) is 2.04. The second-order valence-electron chi connectivity index (χ2n) is 3.40. The van der Waals surface area contributed by atoms with E-state index in [1.165, 1.54) is 18.0 Å². The molecule has 0 saturated heterocycles. The van der Waals surface area contributed by atoms with E-state index in [9.17, 15) is 8.42 Å². The van der Waals surface area contributed by atoms with E-state index in [4.69, 9.17) is 5.73 Å². The van der Waals surface area contributed by atoms with Gasteiger partial charge in [-0.1, -0.05) is 22.0 Å². The molecule has 16 heavy (non-hydrogen) atoms. The molecular formula is C10H14BrNO2S2. The molecule has 0 aliphatic heterocycles. The van der Waals surface area contributed by atoms with Gasteiger partial charge in [0.15, 0.2) is 0 Å². The average molecular weight is 324 g/mol. The highest BCUT2D eigenvalue weighted by molar-refractivity contribution is 9.10. The van der Waals surface area contributed by atoms with Crippen molar-refractivity contribution >= 4 is 37.5 Å². The highest BCUT2D eigenvalue weighted by Gasteiger charge is 2.07. The maximum atomic E-state index is 11.0. The summed E-state index contributed by atoms with van der Waals surface area (Å²) in [7, 11) is -2.89. The number of halogens is 1. The molecule has 0 radical (unpaired) electrons. The molecule has 90 valence electrons. The summed E-state index contributed by atoms with van der Waals surface area (Å²) in [6.07, 6.45) is 1.25. The fourth-order valence-corrected chi connectivity index (χ4v) is 4.14. The molecule has 6 heteroatoms. The zero-order valence-corrected chi connectivity index (χ0v) is 12.2. The third-order valence-electron chi connectivity index (χ3n) is 1.99. The maximum Gasteiger partial charge on any atom is 0.148 e. The fourth-order valence-electron chi connectivity index (χ4n) is 1.18. The van der Waals surface area contributed by atoms with Crippen LogP contribution in [0.3, 0.4) is 0 Å². The maximum absolute atomic E-state index is 11.0. The van der Waals surface area contributed by atoms with Crippen LogP contribution in [0.15, 0.2) is 27.6 Å². The Bertz CT molecular complexity index is 460. The Hall–Kier alpha value is -0.0400. The van der Waals surface area contributed by atoms with Gasteiger partial charge in [-0.2, -0.15) is 0 Å². The number of benzene rings is 1. The molecule has 1 aromatic rings. The molecule has 0 spiro atoms. The first-order valence-electron chi connectivity index (χ1n) is 4.72. The lowest BCUT2D eigenvalue weighted by Gasteiger charge is -2.08. The van der Waals surface area contributed by atoms with E-state index in [1.54, 1.807) is 0 Å². The van der Waals surface area contributed by atoms with Gasteiger partial charge in [-0.05, 0) is 17.7 Å². The van der Waals surface area contributed by atoms with E-state index in [2.05, 4.69) is 15.9 Å². The highest BCUT2D eigenvalue weighted by Crippen LogP contribution is 2.28. The van der Waals surface area contributed by atoms with Crippen molar-refractivity contribution in [1.82, 2.24) is 0 Å². The molecule has 0 atom stereocenters. The van der Waals surface area contributed by atoms with Crippen molar-refractivity contribution in [2.75, 3.05) is 17.8 Å². The standard InChI is InChI=1S/C10H14BrNO2S2/c1-16(13,14)6-5-15-10-4-2-3-9(11)8(10)7-12/h2-4H,5-7,12H2,1H3. The largest absolute Gasteiger partial charge is 0.326 e. The summed E-state index contributed by atoms with van der Waals surface area (Å²) in [5, 5.41) is 0. The Morgan fingerprint density at radius 1 is 1.44 bits per heavy atom. The number of nitrogens with two attached hydrogens (primary N) is 1. The van der Waals surface area contributed by atoms with Gasteiger partial charge in [0.1, 0.15) is 9.84 Å². The van der Waals surface area contributed by atoms with E-state index >= 15 is 0 Å². The van der Waals surface area contributed by atoms with Crippen molar-refractivity contribution in [1.29, 1.82) is 0 Å². The highest BCUT2D eigenvalue weighted by atomic mass is 79.9. The van der Waals surface area contributed by atoms with Crippen molar-refractivity contribution in [3.05, 3.63) is 28.2 Å². The summed E-state index contributed by atoms with van der Waals surface area (Å²) in [5.41, 5.74) is 6.68. The first-order chi connectivity index (χ1) is 7.44. The Labute approximate surface area is 109 Å². The van der Waals surface area contributed by atoms with Gasteiger partial charge >= 0.3 is 0 Å². The van der Waals surface area contributed by atoms with Gasteiger partial charge in [-0.25, -0.2) is 8.42 Å². The van der Waals surface area contributed by atoms with Crippen molar-refractivity contribution in [2.45, 2.75) is 11.4 Å². The van der Waals surface area contributed by atoms with Crippen LogP contribution in [-0.4, -0.2) is 26.2 Å². The van der Waals surface area contributed by atoms with Crippen molar-refractivity contribution in [2.24, 2.45) is 5.73 Å². The molecule has 0 amide bonds. The van der Waals surface area contributed by atoms with Crippen LogP contribution in [0.1, 0.15) is 5.56 Å². The first kappa shape index (κ1) is 14.0. The minimum absolute atomic E-state index is 0.189. The Balaban J connectivity index is 2.71. The van der Waals surface area contributed by atoms with Crippen LogP contribution in [0.5, 0.6) is 0 Å². The van der Waals surface area contributed by atoms with Gasteiger partial charge in [0, 0.05) is 27.9 Å². The van der Waals surface area contributed by atoms with Crippen molar-refractivity contribution in [3.8, 4) is 0 Å². The normalized spacial score (nSPS) is 11.7. The zero-order chi connectivity index (χ0) is 12.2. The van der Waals surface area contributed by atoms with Crippen LogP contribution in [0, 0.1) is 0 Å². The van der Waals surface area contributed by atoms with Crippen LogP contribution in [0.4, 0.5) is 0 Å². The van der Waals surface area contributed by atoms with E-state index in [0.717, 1.165) is 14.9 Å². The second-order valence-corrected chi connectivity index (χ2v) is 7.65. The summed E-state index contributed by atoms with van der Waals surface area (Å²) in [6, 6.07) is 5.81. The number of thioether (sulfide) groups is 1. The quantitative estimate of drug-likeness (QED) is 0.842. The summed E-state index contributed by atoms with van der Waals surface area (Å²) in [6.45, 7) is 0.447. The van der Waals surface area contributed by atoms with E-state index < -0.39 is 9.84 Å². The molecule has 1 aromatic carbocycles. The topological polar surface area (TPSA) is 60.2 Å². The van der Waals surface area contributed by atoms with Crippen LogP contribution in [-0.2, 0) is 16.4 Å². The number of rotatable bonds is 5. The minimum atomic E-state index is -2.89. The van der Waals surface area contributed by atoms with Crippen LogP contribution >= 0.6 is 27.7 Å². The Morgan fingerprint density at radius 2 is 2.12 bits per heavy atom. The summed E-state index contributed by atoms with van der Waals surface area (Å²) in [5.74, 6) is 0.747. The predicted molar refractivity (Wildman–Crippen MR) is 72.5 cm³/mol. The number of sulfone groups is 1. The molecule has 1 rings (SSSR count). The van der Waals surface area contributed by atoms with Crippen LogP contribution in [0.25, 0.3) is 0 Å². The molecule has 0 fully saturated rings. The van der Waals surface area contributed by atoms with E-state index in [-0.39, 0.29) is 5.75 Å². The summed E-state index contributed by atoms with van der Waals surface area (Å²) < 4.78 is 23.0. The lowest BCUT2D eigenvalue weighted by molar-refractivity contribution is 0.603. The van der Waals surface area contributed by atoms with Crippen LogP contribution < -0.4 is 5.73 Å². The molecule has 0 aliphatic rings. The van der Waals surface area contributed by atoms with Gasteiger partial charge in [-0.15, -0.1) is 11.8 Å². The summed E-state index contributed by atoms with van der Waals surface area (Å²) >= 11 is 4.95. The zero-order valence-electron chi connectivity index (χ0n) is 8.94. The van der Waals surface area contributed by atoms with Crippen molar-refractivity contribution in [3.63, 3.8) is 0 Å². The average Bonchev–Trinajstić information content (AvgIpc) is 2.16. The monoisotopic (exact) mass is 323 g/mol.